The average Bonchev–Trinajstić information content (AvgIpc) is 2.36. The quantitative estimate of drug-likeness (QED) is 0.780. The fourth-order valence-electron chi connectivity index (χ4n) is 1.86. The van der Waals surface area contributed by atoms with Gasteiger partial charge < -0.3 is 10.6 Å². The molecule has 0 bridgehead atoms. The summed E-state index contributed by atoms with van der Waals surface area (Å²) in [6.45, 7) is 8.95. The largest absolute Gasteiger partial charge is 0.338 e. The Morgan fingerprint density at radius 2 is 2.00 bits per heavy atom. The molecule has 0 aliphatic carbocycles. The van der Waals surface area contributed by atoms with Gasteiger partial charge in [0.15, 0.2) is 0 Å². The molecule has 1 atom stereocenters. The zero-order valence-corrected chi connectivity index (χ0v) is 11.2. The molecule has 0 saturated carbocycles. The van der Waals surface area contributed by atoms with Gasteiger partial charge in [0.1, 0.15) is 0 Å². The van der Waals surface area contributed by atoms with Gasteiger partial charge in [0.25, 0.3) is 0 Å². The molecule has 0 fully saturated rings. The Kier molecular flexibility index (Phi) is 5.59. The lowest BCUT2D eigenvalue weighted by molar-refractivity contribution is -0.131. The van der Waals surface area contributed by atoms with Crippen LogP contribution in [-0.2, 0) is 11.2 Å². The van der Waals surface area contributed by atoms with Crippen molar-refractivity contribution in [2.75, 3.05) is 13.1 Å². The molecule has 0 saturated heterocycles. The standard InChI is InChI=1S/C15H22N2O/c1-4-17(11-12(2)3)15(18)14(16)10-13-8-6-5-7-9-13/h5-9,14H,2,4,10-11,16H2,1,3H3/t14-/m1/s1. The van der Waals surface area contributed by atoms with Crippen LogP contribution in [0.25, 0.3) is 0 Å². The van der Waals surface area contributed by atoms with E-state index in [-0.39, 0.29) is 5.91 Å². The third kappa shape index (κ3) is 4.34. The molecule has 0 aliphatic rings. The molecular weight excluding hydrogens is 224 g/mol. The number of hydrogen-bond donors (Lipinski definition) is 1. The molecule has 0 heterocycles. The highest BCUT2D eigenvalue weighted by Crippen LogP contribution is 2.05. The van der Waals surface area contributed by atoms with E-state index in [0.29, 0.717) is 19.5 Å². The maximum Gasteiger partial charge on any atom is 0.240 e. The number of nitrogens with zero attached hydrogens (tertiary/aromatic N) is 1. The van der Waals surface area contributed by atoms with Crippen LogP contribution >= 0.6 is 0 Å². The normalized spacial score (nSPS) is 11.9. The maximum absolute atomic E-state index is 12.2. The monoisotopic (exact) mass is 246 g/mol. The van der Waals surface area contributed by atoms with Crippen molar-refractivity contribution in [2.45, 2.75) is 26.3 Å². The van der Waals surface area contributed by atoms with Gasteiger partial charge in [0, 0.05) is 13.1 Å². The molecular formula is C15H22N2O. The van der Waals surface area contributed by atoms with Crippen molar-refractivity contribution < 1.29 is 4.79 Å². The van der Waals surface area contributed by atoms with Crippen LogP contribution in [0.1, 0.15) is 19.4 Å². The molecule has 98 valence electrons. The van der Waals surface area contributed by atoms with Gasteiger partial charge in [-0.25, -0.2) is 0 Å². The van der Waals surface area contributed by atoms with E-state index in [1.165, 1.54) is 0 Å². The highest BCUT2D eigenvalue weighted by molar-refractivity contribution is 5.82. The minimum atomic E-state index is -0.480. The predicted molar refractivity (Wildman–Crippen MR) is 75.2 cm³/mol. The maximum atomic E-state index is 12.2. The predicted octanol–water partition coefficient (Wildman–Crippen LogP) is 1.98. The van der Waals surface area contributed by atoms with Crippen LogP contribution in [0.15, 0.2) is 42.5 Å². The summed E-state index contributed by atoms with van der Waals surface area (Å²) in [4.78, 5) is 13.9. The van der Waals surface area contributed by atoms with Crippen LogP contribution in [0.3, 0.4) is 0 Å². The van der Waals surface area contributed by atoms with Crippen molar-refractivity contribution in [1.82, 2.24) is 4.90 Å². The molecule has 0 aliphatic heterocycles. The van der Waals surface area contributed by atoms with Gasteiger partial charge in [-0.1, -0.05) is 42.5 Å². The second-order valence-corrected chi connectivity index (χ2v) is 4.61. The van der Waals surface area contributed by atoms with E-state index in [1.54, 1.807) is 4.90 Å². The average molecular weight is 246 g/mol. The van der Waals surface area contributed by atoms with Gasteiger partial charge in [-0.05, 0) is 25.8 Å². The highest BCUT2D eigenvalue weighted by atomic mass is 16.2. The molecule has 3 heteroatoms. The molecule has 0 radical (unpaired) electrons. The third-order valence-electron chi connectivity index (χ3n) is 2.77. The second-order valence-electron chi connectivity index (χ2n) is 4.61. The first-order valence-electron chi connectivity index (χ1n) is 6.27. The number of rotatable bonds is 6. The number of hydrogen-bond acceptors (Lipinski definition) is 2. The van der Waals surface area contributed by atoms with E-state index in [9.17, 15) is 4.79 Å². The topological polar surface area (TPSA) is 46.3 Å². The lowest BCUT2D eigenvalue weighted by Crippen LogP contribution is -2.45. The molecule has 2 N–H and O–H groups in total. The summed E-state index contributed by atoms with van der Waals surface area (Å²) in [5, 5.41) is 0. The van der Waals surface area contributed by atoms with Crippen molar-refractivity contribution in [1.29, 1.82) is 0 Å². The van der Waals surface area contributed by atoms with E-state index < -0.39 is 6.04 Å². The first-order valence-corrected chi connectivity index (χ1v) is 6.27. The van der Waals surface area contributed by atoms with Crippen LogP contribution in [0, 0.1) is 0 Å². The van der Waals surface area contributed by atoms with E-state index >= 15 is 0 Å². The Labute approximate surface area is 109 Å². The number of carbonyl (C=O) groups excluding carboxylic acids is 1. The van der Waals surface area contributed by atoms with Crippen molar-refractivity contribution in [2.24, 2.45) is 5.73 Å². The first-order chi connectivity index (χ1) is 8.54. The molecule has 1 aromatic carbocycles. The fourth-order valence-corrected chi connectivity index (χ4v) is 1.86. The van der Waals surface area contributed by atoms with E-state index in [1.807, 2.05) is 44.2 Å². The van der Waals surface area contributed by atoms with Crippen molar-refractivity contribution in [3.05, 3.63) is 48.0 Å². The molecule has 0 unspecified atom stereocenters. The molecule has 0 spiro atoms. The van der Waals surface area contributed by atoms with Gasteiger partial charge in [0.05, 0.1) is 6.04 Å². The summed E-state index contributed by atoms with van der Waals surface area (Å²) in [5.74, 6) is -0.00986. The number of benzene rings is 1. The zero-order chi connectivity index (χ0) is 13.5. The molecule has 3 nitrogen and oxygen atoms in total. The zero-order valence-electron chi connectivity index (χ0n) is 11.2. The Bertz CT molecular complexity index is 400. The summed E-state index contributed by atoms with van der Waals surface area (Å²) in [5.41, 5.74) is 8.04. The van der Waals surface area contributed by atoms with E-state index in [4.69, 9.17) is 5.73 Å². The highest BCUT2D eigenvalue weighted by Gasteiger charge is 2.19. The van der Waals surface area contributed by atoms with E-state index in [0.717, 1.165) is 11.1 Å². The first kappa shape index (κ1) is 14.5. The SMILES string of the molecule is C=C(C)CN(CC)C(=O)[C@H](N)Cc1ccccc1. The summed E-state index contributed by atoms with van der Waals surface area (Å²) >= 11 is 0. The Morgan fingerprint density at radius 3 is 2.50 bits per heavy atom. The van der Waals surface area contributed by atoms with Crippen LogP contribution in [0.2, 0.25) is 0 Å². The minimum Gasteiger partial charge on any atom is -0.338 e. The Hall–Kier alpha value is -1.61. The smallest absolute Gasteiger partial charge is 0.240 e. The molecule has 0 aromatic heterocycles. The van der Waals surface area contributed by atoms with Crippen LogP contribution in [0.4, 0.5) is 0 Å². The number of amides is 1. The van der Waals surface area contributed by atoms with Gasteiger partial charge in [-0.2, -0.15) is 0 Å². The lowest BCUT2D eigenvalue weighted by atomic mass is 10.1. The van der Waals surface area contributed by atoms with Gasteiger partial charge in [0.2, 0.25) is 5.91 Å². The molecule has 18 heavy (non-hydrogen) atoms. The third-order valence-corrected chi connectivity index (χ3v) is 2.77. The van der Waals surface area contributed by atoms with Gasteiger partial charge in [-0.15, -0.1) is 0 Å². The number of likely N-dealkylation sites (N-methyl/N-ethyl adjacent to an activating group) is 1. The van der Waals surface area contributed by atoms with Gasteiger partial charge in [-0.3, -0.25) is 4.79 Å². The van der Waals surface area contributed by atoms with Gasteiger partial charge >= 0.3 is 0 Å². The Morgan fingerprint density at radius 1 is 1.39 bits per heavy atom. The fraction of sp³-hybridized carbons (Fsp3) is 0.400. The van der Waals surface area contributed by atoms with Crippen LogP contribution in [0.5, 0.6) is 0 Å². The summed E-state index contributed by atoms with van der Waals surface area (Å²) in [7, 11) is 0. The van der Waals surface area contributed by atoms with Crippen molar-refractivity contribution in [3.63, 3.8) is 0 Å². The summed E-state index contributed by atoms with van der Waals surface area (Å²) in [6, 6.07) is 9.36. The van der Waals surface area contributed by atoms with Crippen molar-refractivity contribution >= 4 is 5.91 Å². The minimum absolute atomic E-state index is 0.00986. The molecule has 1 aromatic rings. The second kappa shape index (κ2) is 6.97. The Balaban J connectivity index is 2.62. The lowest BCUT2D eigenvalue weighted by Gasteiger charge is -2.24. The van der Waals surface area contributed by atoms with Crippen LogP contribution < -0.4 is 5.73 Å². The number of carbonyl (C=O) groups is 1. The van der Waals surface area contributed by atoms with E-state index in [2.05, 4.69) is 6.58 Å². The van der Waals surface area contributed by atoms with Crippen molar-refractivity contribution in [3.8, 4) is 0 Å². The number of nitrogens with two attached hydrogens (primary N) is 1. The van der Waals surface area contributed by atoms with Crippen LogP contribution in [-0.4, -0.2) is 29.9 Å². The summed E-state index contributed by atoms with van der Waals surface area (Å²) < 4.78 is 0. The summed E-state index contributed by atoms with van der Waals surface area (Å²) in [6.07, 6.45) is 0.576. The molecule has 1 amide bonds. The molecule has 1 rings (SSSR count).